The van der Waals surface area contributed by atoms with Crippen LogP contribution in [0.3, 0.4) is 0 Å². The van der Waals surface area contributed by atoms with Gasteiger partial charge < -0.3 is 23.8 Å². The van der Waals surface area contributed by atoms with Gasteiger partial charge >= 0.3 is 0 Å². The van der Waals surface area contributed by atoms with E-state index in [1.807, 2.05) is 42.5 Å². The minimum Gasteiger partial charge on any atom is -0.464 e. The van der Waals surface area contributed by atoms with Crippen molar-refractivity contribution in [2.24, 2.45) is 0 Å². The molecule has 52 heavy (non-hydrogen) atoms. The van der Waals surface area contributed by atoms with E-state index in [0.29, 0.717) is 0 Å². The highest BCUT2D eigenvalue weighted by Gasteiger charge is 2.28. The molecule has 11 rings (SSSR count). The van der Waals surface area contributed by atoms with Crippen LogP contribution in [0.25, 0.3) is 65.8 Å². The van der Waals surface area contributed by atoms with Crippen LogP contribution in [0, 0.1) is 0 Å². The molecule has 0 bridgehead atoms. The highest BCUT2D eigenvalue weighted by Crippen LogP contribution is 2.49. The molecule has 2 aromatic heterocycles. The Morgan fingerprint density at radius 1 is 0.500 bits per heavy atom. The fourth-order valence-corrected chi connectivity index (χ4v) is 7.87. The molecule has 0 radical (unpaired) electrons. The van der Waals surface area contributed by atoms with Crippen molar-refractivity contribution in [3.05, 3.63) is 175 Å². The van der Waals surface area contributed by atoms with E-state index in [-0.39, 0.29) is 6.23 Å². The maximum absolute atomic E-state index is 6.62. The number of anilines is 4. The van der Waals surface area contributed by atoms with Crippen LogP contribution in [0.5, 0.6) is 5.75 Å². The zero-order valence-corrected chi connectivity index (χ0v) is 27.9. The first-order valence-corrected chi connectivity index (χ1v) is 17.5. The minimum absolute atomic E-state index is 0.280. The Balaban J connectivity index is 1.10. The molecule has 1 aliphatic rings. The number of hydrogen-bond donors (Lipinski definition) is 1. The summed E-state index contributed by atoms with van der Waals surface area (Å²) in [4.78, 5) is 2.28. The van der Waals surface area contributed by atoms with E-state index in [2.05, 4.69) is 138 Å². The van der Waals surface area contributed by atoms with Crippen LogP contribution in [0.4, 0.5) is 22.7 Å². The second kappa shape index (κ2) is 11.3. The van der Waals surface area contributed by atoms with Crippen LogP contribution < -0.4 is 15.0 Å². The quantitative estimate of drug-likeness (QED) is 0.197. The van der Waals surface area contributed by atoms with Gasteiger partial charge in [-0.25, -0.2) is 0 Å². The van der Waals surface area contributed by atoms with Gasteiger partial charge in [-0.05, 0) is 76.5 Å². The molecule has 8 aromatic carbocycles. The van der Waals surface area contributed by atoms with Crippen molar-refractivity contribution >= 4 is 77.4 Å². The van der Waals surface area contributed by atoms with Gasteiger partial charge in [-0.1, -0.05) is 115 Å². The Labute approximate surface area is 298 Å². The molecule has 1 N–H and O–H groups in total. The Morgan fingerprint density at radius 3 is 2.12 bits per heavy atom. The average molecular weight is 671 g/mol. The Hall–Kier alpha value is -6.98. The molecule has 0 saturated carbocycles. The van der Waals surface area contributed by atoms with E-state index in [9.17, 15) is 0 Å². The van der Waals surface area contributed by atoms with E-state index in [4.69, 9.17) is 13.6 Å². The summed E-state index contributed by atoms with van der Waals surface area (Å²) in [5.74, 6) is 0.799. The van der Waals surface area contributed by atoms with Crippen molar-refractivity contribution in [1.29, 1.82) is 0 Å². The van der Waals surface area contributed by atoms with Crippen LogP contribution in [0.2, 0.25) is 0 Å². The summed E-state index contributed by atoms with van der Waals surface area (Å²) in [6.45, 7) is 0. The predicted molar refractivity (Wildman–Crippen MR) is 212 cm³/mol. The van der Waals surface area contributed by atoms with Gasteiger partial charge in [0.1, 0.15) is 16.7 Å². The minimum atomic E-state index is -0.280. The SMILES string of the molecule is c1ccc(C2Nc3ccc4oc5ccc(N(c6ccc(-c7cccc8ccccc78)cc6)c6cccc7c6oc6ccccc67)cc5c4c3O2)cc1. The largest absolute Gasteiger partial charge is 0.464 e. The third-order valence-corrected chi connectivity index (χ3v) is 10.3. The first-order valence-electron chi connectivity index (χ1n) is 17.5. The van der Waals surface area contributed by atoms with E-state index in [1.54, 1.807) is 0 Å². The number of hydrogen-bond acceptors (Lipinski definition) is 5. The molecule has 10 aromatic rings. The van der Waals surface area contributed by atoms with Crippen molar-refractivity contribution in [1.82, 2.24) is 0 Å². The molecule has 0 spiro atoms. The standard InChI is InChI=1S/C47H30N2O3/c1-2-11-31(12-3-1)47-48-39-25-27-43-44(46(39)52-47)38-28-33(24-26-42(38)50-43)49(40-18-9-17-37-36-15-6-7-19-41(36)51-45(37)40)32-22-20-30(21-23-32)35-16-8-13-29-10-4-5-14-34(29)35/h1-28,47-48H. The van der Waals surface area contributed by atoms with Crippen molar-refractivity contribution < 1.29 is 13.6 Å². The molecular weight excluding hydrogens is 641 g/mol. The lowest BCUT2D eigenvalue weighted by Gasteiger charge is -2.26. The van der Waals surface area contributed by atoms with Crippen molar-refractivity contribution in [3.63, 3.8) is 0 Å². The summed E-state index contributed by atoms with van der Waals surface area (Å²) < 4.78 is 19.7. The van der Waals surface area contributed by atoms with Gasteiger partial charge in [-0.3, -0.25) is 0 Å². The number of para-hydroxylation sites is 2. The zero-order chi connectivity index (χ0) is 34.2. The molecule has 3 heterocycles. The number of benzene rings is 8. The Kier molecular flexibility index (Phi) is 6.25. The van der Waals surface area contributed by atoms with E-state index < -0.39 is 0 Å². The summed E-state index contributed by atoms with van der Waals surface area (Å²) in [5.41, 5.74) is 10.6. The van der Waals surface area contributed by atoms with Gasteiger partial charge in [0.05, 0.1) is 16.8 Å². The third kappa shape index (κ3) is 4.42. The Morgan fingerprint density at radius 2 is 1.21 bits per heavy atom. The average Bonchev–Trinajstić information content (AvgIpc) is 3.92. The van der Waals surface area contributed by atoms with E-state index in [0.717, 1.165) is 83.5 Å². The zero-order valence-electron chi connectivity index (χ0n) is 27.9. The lowest BCUT2D eigenvalue weighted by molar-refractivity contribution is 0.263. The summed E-state index contributed by atoms with van der Waals surface area (Å²) >= 11 is 0. The number of nitrogens with zero attached hydrogens (tertiary/aromatic N) is 1. The fourth-order valence-electron chi connectivity index (χ4n) is 7.87. The van der Waals surface area contributed by atoms with Crippen molar-refractivity contribution in [3.8, 4) is 16.9 Å². The molecule has 1 atom stereocenters. The molecule has 1 unspecified atom stereocenters. The third-order valence-electron chi connectivity index (χ3n) is 10.3. The van der Waals surface area contributed by atoms with Gasteiger partial charge in [-0.15, -0.1) is 0 Å². The second-order valence-electron chi connectivity index (χ2n) is 13.3. The number of rotatable bonds is 5. The first-order chi connectivity index (χ1) is 25.8. The summed E-state index contributed by atoms with van der Waals surface area (Å²) in [7, 11) is 0. The number of fused-ring (bicyclic) bond motifs is 9. The van der Waals surface area contributed by atoms with Crippen molar-refractivity contribution in [2.45, 2.75) is 6.23 Å². The smallest absolute Gasteiger partial charge is 0.196 e. The maximum Gasteiger partial charge on any atom is 0.196 e. The monoisotopic (exact) mass is 670 g/mol. The molecule has 246 valence electrons. The first kappa shape index (κ1) is 28.8. The lowest BCUT2D eigenvalue weighted by atomic mass is 9.98. The molecule has 0 aliphatic carbocycles. The lowest BCUT2D eigenvalue weighted by Crippen LogP contribution is -2.10. The predicted octanol–water partition coefficient (Wildman–Crippen LogP) is 13.3. The summed E-state index contributed by atoms with van der Waals surface area (Å²) in [6.07, 6.45) is -0.280. The van der Waals surface area contributed by atoms with Crippen LogP contribution >= 0.6 is 0 Å². The number of ether oxygens (including phenoxy) is 1. The number of nitrogens with one attached hydrogen (secondary N) is 1. The van der Waals surface area contributed by atoms with Gasteiger partial charge in [-0.2, -0.15) is 0 Å². The van der Waals surface area contributed by atoms with Gasteiger partial charge in [0.25, 0.3) is 0 Å². The van der Waals surface area contributed by atoms with Crippen LogP contribution in [-0.2, 0) is 0 Å². The van der Waals surface area contributed by atoms with Crippen LogP contribution in [0.15, 0.2) is 179 Å². The highest BCUT2D eigenvalue weighted by atomic mass is 16.5. The number of furan rings is 2. The van der Waals surface area contributed by atoms with Crippen LogP contribution in [0.1, 0.15) is 11.8 Å². The van der Waals surface area contributed by atoms with Gasteiger partial charge in [0.2, 0.25) is 0 Å². The maximum atomic E-state index is 6.62. The van der Waals surface area contributed by atoms with Crippen molar-refractivity contribution in [2.75, 3.05) is 10.2 Å². The van der Waals surface area contributed by atoms with Gasteiger partial charge in [0.15, 0.2) is 17.6 Å². The fraction of sp³-hybridized carbons (Fsp3) is 0.0213. The van der Waals surface area contributed by atoms with Gasteiger partial charge in [0, 0.05) is 33.1 Å². The van der Waals surface area contributed by atoms with E-state index in [1.165, 1.54) is 16.3 Å². The summed E-state index contributed by atoms with van der Waals surface area (Å²) in [6, 6.07) is 59.2. The highest BCUT2D eigenvalue weighted by molar-refractivity contribution is 6.13. The molecule has 5 heteroatoms. The molecule has 0 saturated heterocycles. The Bertz CT molecular complexity index is 2970. The normalized spacial score (nSPS) is 13.9. The van der Waals surface area contributed by atoms with Crippen LogP contribution in [-0.4, -0.2) is 0 Å². The molecular formula is C47H30N2O3. The summed E-state index contributed by atoms with van der Waals surface area (Å²) in [5, 5.41) is 10.1. The molecule has 1 aliphatic heterocycles. The second-order valence-corrected chi connectivity index (χ2v) is 13.3. The topological polar surface area (TPSA) is 50.8 Å². The molecule has 0 amide bonds. The molecule has 0 fully saturated rings. The molecule has 5 nitrogen and oxygen atoms in total. The van der Waals surface area contributed by atoms with E-state index >= 15 is 0 Å².